The molecule has 0 aromatic heterocycles. The maximum absolute atomic E-state index is 13.9. The average molecular weight is 707 g/mol. The summed E-state index contributed by atoms with van der Waals surface area (Å²) in [5, 5.41) is 21.7. The summed E-state index contributed by atoms with van der Waals surface area (Å²) in [7, 11) is 1.89. The van der Waals surface area contributed by atoms with Crippen LogP contribution in [0.2, 0.25) is 0 Å². The number of nitrogens with zero attached hydrogens (tertiary/aromatic N) is 1. The van der Waals surface area contributed by atoms with E-state index in [2.05, 4.69) is 26.6 Å². The second kappa shape index (κ2) is 24.1. The highest BCUT2D eigenvalue weighted by molar-refractivity contribution is 5.95. The van der Waals surface area contributed by atoms with Crippen molar-refractivity contribution in [2.24, 2.45) is 11.7 Å². The molecule has 0 radical (unpaired) electrons. The van der Waals surface area contributed by atoms with Crippen LogP contribution in [-0.4, -0.2) is 98.2 Å². The van der Waals surface area contributed by atoms with E-state index in [1.165, 1.54) is 0 Å². The monoisotopic (exact) mass is 706 g/mol. The van der Waals surface area contributed by atoms with Crippen molar-refractivity contribution in [3.05, 3.63) is 71.8 Å². The molecular formula is C39H62N8O4. The third-order valence-electron chi connectivity index (χ3n) is 8.33. The summed E-state index contributed by atoms with van der Waals surface area (Å²) in [6.07, 6.45) is 3.90. The number of carbonyl (C=O) groups is 4. The summed E-state index contributed by atoms with van der Waals surface area (Å²) < 4.78 is 0. The minimum absolute atomic E-state index is 0.0778. The summed E-state index contributed by atoms with van der Waals surface area (Å²) >= 11 is 0. The van der Waals surface area contributed by atoms with Crippen LogP contribution in [0.3, 0.4) is 0 Å². The van der Waals surface area contributed by atoms with Crippen LogP contribution in [0.25, 0.3) is 0 Å². The Bertz CT molecular complexity index is 1330. The maximum atomic E-state index is 13.9. The predicted octanol–water partition coefficient (Wildman–Crippen LogP) is 2.56. The molecule has 1 heterocycles. The van der Waals surface area contributed by atoms with Crippen molar-refractivity contribution < 1.29 is 19.2 Å². The number of nitrogens with two attached hydrogens (primary N) is 1. The quantitative estimate of drug-likeness (QED) is 0.0919. The van der Waals surface area contributed by atoms with Gasteiger partial charge in [-0.05, 0) is 89.6 Å². The van der Waals surface area contributed by atoms with Gasteiger partial charge in [-0.1, -0.05) is 74.5 Å². The Morgan fingerprint density at radius 3 is 1.92 bits per heavy atom. The van der Waals surface area contributed by atoms with Gasteiger partial charge in [0.25, 0.3) is 0 Å². The van der Waals surface area contributed by atoms with Crippen molar-refractivity contribution in [1.29, 1.82) is 5.41 Å². The van der Waals surface area contributed by atoms with E-state index in [9.17, 15) is 19.2 Å². The lowest BCUT2D eigenvalue weighted by Crippen LogP contribution is -2.58. The van der Waals surface area contributed by atoms with Gasteiger partial charge in [-0.15, -0.1) is 0 Å². The molecule has 51 heavy (non-hydrogen) atoms. The van der Waals surface area contributed by atoms with Crippen LogP contribution in [0.15, 0.2) is 60.7 Å². The zero-order valence-corrected chi connectivity index (χ0v) is 31.3. The third-order valence-corrected chi connectivity index (χ3v) is 8.33. The SMILES string of the molecule is CC(C)=N.CNCCCC[C@@H](NC(=O)[C@@H](CC(C)C)NC(=O)[C@@H](Cc1ccccc1)NC(=O)[C@H](N)Cc1ccccc1)C(=O)N1CCCNCC1. The Morgan fingerprint density at radius 1 is 0.784 bits per heavy atom. The van der Waals surface area contributed by atoms with Crippen molar-refractivity contribution in [2.75, 3.05) is 39.8 Å². The standard InChI is InChI=1S/C36H55N7O4.C3H7N/c1-26(2)23-31(34(45)40-30(17-10-11-18-38-3)36(47)43-21-12-19-39-20-22-43)42-35(46)32(25-28-15-8-5-9-16-28)41-33(44)29(37)24-27-13-6-4-7-14-27;1-3(2)4/h4-9,13-16,26,29-32,38-39H,10-12,17-25,37H2,1-3H3,(H,40,45)(H,41,44)(H,42,46);4H,1-2H3/t29-,30-,31-,32-;/m1./s1. The summed E-state index contributed by atoms with van der Waals surface area (Å²) in [5.74, 6) is -1.35. The number of rotatable bonds is 18. The Labute approximate surface area is 305 Å². The lowest BCUT2D eigenvalue weighted by Gasteiger charge is -2.29. The molecule has 282 valence electrons. The molecule has 0 unspecified atom stereocenters. The van der Waals surface area contributed by atoms with Crippen LogP contribution in [0.5, 0.6) is 0 Å². The average Bonchev–Trinajstić information content (AvgIpc) is 3.39. The Kier molecular flexibility index (Phi) is 20.4. The zero-order chi connectivity index (χ0) is 37.6. The molecule has 4 atom stereocenters. The molecule has 0 bridgehead atoms. The third kappa shape index (κ3) is 17.6. The number of hydrogen-bond donors (Lipinski definition) is 7. The highest BCUT2D eigenvalue weighted by Crippen LogP contribution is 2.12. The summed E-state index contributed by atoms with van der Waals surface area (Å²) in [6, 6.07) is 15.5. The minimum atomic E-state index is -0.960. The molecule has 4 amide bonds. The molecule has 0 spiro atoms. The minimum Gasteiger partial charge on any atom is -0.343 e. The number of benzene rings is 2. The maximum Gasteiger partial charge on any atom is 0.245 e. The van der Waals surface area contributed by atoms with Crippen molar-refractivity contribution >= 4 is 29.3 Å². The van der Waals surface area contributed by atoms with Gasteiger partial charge in [0.2, 0.25) is 23.6 Å². The number of hydrogen-bond acceptors (Lipinski definition) is 8. The van der Waals surface area contributed by atoms with Crippen molar-refractivity contribution in [2.45, 2.75) is 96.8 Å². The van der Waals surface area contributed by atoms with Gasteiger partial charge in [0.05, 0.1) is 6.04 Å². The van der Waals surface area contributed by atoms with Crippen LogP contribution in [-0.2, 0) is 32.0 Å². The Balaban J connectivity index is 0.00000213. The number of nitrogens with one attached hydrogen (secondary N) is 6. The molecule has 1 saturated heterocycles. The predicted molar refractivity (Wildman–Crippen MR) is 204 cm³/mol. The topological polar surface area (TPSA) is 182 Å². The van der Waals surface area contributed by atoms with Crippen molar-refractivity contribution in [1.82, 2.24) is 31.5 Å². The van der Waals surface area contributed by atoms with E-state index in [0.717, 1.165) is 43.5 Å². The molecular weight excluding hydrogens is 644 g/mol. The molecule has 12 nitrogen and oxygen atoms in total. The fraction of sp³-hybridized carbons (Fsp3) is 0.564. The van der Waals surface area contributed by atoms with Crippen LogP contribution in [0.4, 0.5) is 0 Å². The number of amides is 4. The molecule has 3 rings (SSSR count). The highest BCUT2D eigenvalue weighted by atomic mass is 16.2. The normalized spacial score (nSPS) is 15.2. The molecule has 0 aliphatic carbocycles. The summed E-state index contributed by atoms with van der Waals surface area (Å²) in [5.41, 5.74) is 8.71. The van der Waals surface area contributed by atoms with Gasteiger partial charge in [-0.25, -0.2) is 0 Å². The van der Waals surface area contributed by atoms with Gasteiger partial charge in [0.15, 0.2) is 0 Å². The first kappa shape index (κ1) is 43.0. The lowest BCUT2D eigenvalue weighted by atomic mass is 9.99. The van der Waals surface area contributed by atoms with Crippen molar-refractivity contribution in [3.63, 3.8) is 0 Å². The second-order valence-electron chi connectivity index (χ2n) is 13.8. The Morgan fingerprint density at radius 2 is 1.33 bits per heavy atom. The molecule has 0 saturated carbocycles. The van der Waals surface area contributed by atoms with Gasteiger partial charge in [0, 0.05) is 31.8 Å². The van der Waals surface area contributed by atoms with E-state index in [1.54, 1.807) is 13.8 Å². The Hall–Kier alpha value is -4.13. The molecule has 8 N–H and O–H groups in total. The van der Waals surface area contributed by atoms with Gasteiger partial charge in [-0.2, -0.15) is 0 Å². The summed E-state index contributed by atoms with van der Waals surface area (Å²) in [4.78, 5) is 56.5. The van der Waals surface area contributed by atoms with Gasteiger partial charge in [0.1, 0.15) is 18.1 Å². The number of carbonyl (C=O) groups excluding carboxylic acids is 4. The largest absolute Gasteiger partial charge is 0.343 e. The van der Waals surface area contributed by atoms with Crippen LogP contribution < -0.4 is 32.3 Å². The van der Waals surface area contributed by atoms with E-state index >= 15 is 0 Å². The lowest BCUT2D eigenvalue weighted by molar-refractivity contribution is -0.138. The number of unbranched alkanes of at least 4 members (excludes halogenated alkanes) is 1. The van der Waals surface area contributed by atoms with Gasteiger partial charge >= 0.3 is 0 Å². The van der Waals surface area contributed by atoms with E-state index in [4.69, 9.17) is 11.1 Å². The van der Waals surface area contributed by atoms with Crippen LogP contribution >= 0.6 is 0 Å². The van der Waals surface area contributed by atoms with Gasteiger partial charge < -0.3 is 42.6 Å². The first-order chi connectivity index (χ1) is 24.4. The van der Waals surface area contributed by atoms with Crippen LogP contribution in [0, 0.1) is 11.3 Å². The van der Waals surface area contributed by atoms with E-state index < -0.39 is 41.9 Å². The molecule has 2 aromatic rings. The molecule has 1 fully saturated rings. The fourth-order valence-electron chi connectivity index (χ4n) is 5.74. The zero-order valence-electron chi connectivity index (χ0n) is 31.3. The van der Waals surface area contributed by atoms with Crippen molar-refractivity contribution in [3.8, 4) is 0 Å². The van der Waals surface area contributed by atoms with Crippen LogP contribution in [0.1, 0.15) is 70.9 Å². The first-order valence-corrected chi connectivity index (χ1v) is 18.3. The van der Waals surface area contributed by atoms with Gasteiger partial charge in [-0.3, -0.25) is 19.2 Å². The molecule has 1 aliphatic heterocycles. The van der Waals surface area contributed by atoms with E-state index in [-0.39, 0.29) is 18.2 Å². The fourth-order valence-corrected chi connectivity index (χ4v) is 5.74. The molecule has 1 aliphatic rings. The molecule has 2 aromatic carbocycles. The second-order valence-corrected chi connectivity index (χ2v) is 13.8. The molecule has 12 heteroatoms. The first-order valence-electron chi connectivity index (χ1n) is 18.3. The smallest absolute Gasteiger partial charge is 0.245 e. The highest BCUT2D eigenvalue weighted by Gasteiger charge is 2.32. The summed E-state index contributed by atoms with van der Waals surface area (Å²) in [6.45, 7) is 11.0. The van der Waals surface area contributed by atoms with E-state index in [1.807, 2.05) is 86.5 Å². The van der Waals surface area contributed by atoms with E-state index in [0.29, 0.717) is 44.6 Å².